The highest BCUT2D eigenvalue weighted by Gasteiger charge is 2.40. The van der Waals surface area contributed by atoms with Crippen LogP contribution in [0.1, 0.15) is 63.0 Å². The van der Waals surface area contributed by atoms with Crippen LogP contribution in [0, 0.1) is 0 Å². The number of halogens is 1. The fraction of sp³-hybridized carbons (Fsp3) is 0.647. The van der Waals surface area contributed by atoms with Gasteiger partial charge in [-0.05, 0) is 44.9 Å². The van der Waals surface area contributed by atoms with Crippen molar-refractivity contribution in [1.29, 1.82) is 0 Å². The van der Waals surface area contributed by atoms with Crippen molar-refractivity contribution in [2.75, 3.05) is 7.05 Å². The summed E-state index contributed by atoms with van der Waals surface area (Å²) in [5.41, 5.74) is 1.37. The summed E-state index contributed by atoms with van der Waals surface area (Å²) < 4.78 is 7.64. The maximum absolute atomic E-state index is 6.54. The van der Waals surface area contributed by atoms with Crippen molar-refractivity contribution in [3.8, 4) is 5.75 Å². The van der Waals surface area contributed by atoms with Gasteiger partial charge in [0.15, 0.2) is 0 Å². The summed E-state index contributed by atoms with van der Waals surface area (Å²) in [5, 5.41) is 3.49. The minimum Gasteiger partial charge on any atom is -0.487 e. The molecule has 110 valence electrons. The Morgan fingerprint density at radius 1 is 1.15 bits per heavy atom. The van der Waals surface area contributed by atoms with Crippen LogP contribution >= 0.6 is 15.9 Å². The van der Waals surface area contributed by atoms with Crippen LogP contribution < -0.4 is 10.1 Å². The standard InChI is InChI=1S/C17H24BrNO/c1-19-15-12-17(9-5-3-2-4-6-10-17)20-16-11-13(18)7-8-14(15)16/h7-8,11,15,19H,2-6,9-10,12H2,1H3. The zero-order chi connectivity index (χ0) is 14.0. The zero-order valence-corrected chi connectivity index (χ0v) is 13.8. The van der Waals surface area contributed by atoms with Gasteiger partial charge >= 0.3 is 0 Å². The lowest BCUT2D eigenvalue weighted by Gasteiger charge is -2.43. The Hall–Kier alpha value is -0.540. The third-order valence-electron chi connectivity index (χ3n) is 4.87. The maximum Gasteiger partial charge on any atom is 0.126 e. The first-order valence-electron chi connectivity index (χ1n) is 7.88. The maximum atomic E-state index is 6.54. The van der Waals surface area contributed by atoms with Crippen molar-refractivity contribution < 1.29 is 4.74 Å². The SMILES string of the molecule is CNC1CC2(CCCCCCC2)Oc2cc(Br)ccc21. The van der Waals surface area contributed by atoms with Crippen LogP contribution in [-0.2, 0) is 0 Å². The van der Waals surface area contributed by atoms with Crippen molar-refractivity contribution in [2.24, 2.45) is 0 Å². The van der Waals surface area contributed by atoms with Gasteiger partial charge in [-0.2, -0.15) is 0 Å². The summed E-state index contributed by atoms with van der Waals surface area (Å²) in [4.78, 5) is 0. The average molecular weight is 338 g/mol. The average Bonchev–Trinajstić information content (AvgIpc) is 2.42. The molecule has 0 amide bonds. The van der Waals surface area contributed by atoms with E-state index in [1.165, 1.54) is 50.5 Å². The van der Waals surface area contributed by atoms with Gasteiger partial charge < -0.3 is 10.1 Å². The van der Waals surface area contributed by atoms with Gasteiger partial charge in [0.1, 0.15) is 11.4 Å². The van der Waals surface area contributed by atoms with E-state index in [1.54, 1.807) is 0 Å². The Labute approximate surface area is 130 Å². The Morgan fingerprint density at radius 3 is 2.55 bits per heavy atom. The molecule has 20 heavy (non-hydrogen) atoms. The summed E-state index contributed by atoms with van der Waals surface area (Å²) in [5.74, 6) is 1.07. The Balaban J connectivity index is 1.91. The van der Waals surface area contributed by atoms with E-state index in [1.807, 2.05) is 0 Å². The molecule has 1 saturated carbocycles. The molecule has 1 aromatic rings. The van der Waals surface area contributed by atoms with E-state index < -0.39 is 0 Å². The lowest BCUT2D eigenvalue weighted by molar-refractivity contribution is 0.00732. The highest BCUT2D eigenvalue weighted by atomic mass is 79.9. The van der Waals surface area contributed by atoms with Crippen LogP contribution in [0.3, 0.4) is 0 Å². The third kappa shape index (κ3) is 2.89. The number of hydrogen-bond donors (Lipinski definition) is 1. The first kappa shape index (κ1) is 14.4. The minimum absolute atomic E-state index is 0.0574. The van der Waals surface area contributed by atoms with E-state index in [9.17, 15) is 0 Å². The van der Waals surface area contributed by atoms with Gasteiger partial charge in [0.25, 0.3) is 0 Å². The first-order valence-corrected chi connectivity index (χ1v) is 8.67. The normalized spacial score (nSPS) is 25.4. The van der Waals surface area contributed by atoms with Crippen LogP contribution in [0.2, 0.25) is 0 Å². The van der Waals surface area contributed by atoms with Crippen LogP contribution in [0.15, 0.2) is 22.7 Å². The highest BCUT2D eigenvalue weighted by molar-refractivity contribution is 9.10. The number of ether oxygens (including phenoxy) is 1. The number of fused-ring (bicyclic) bond motifs is 1. The van der Waals surface area contributed by atoms with Crippen LogP contribution in [0.4, 0.5) is 0 Å². The number of benzene rings is 1. The van der Waals surface area contributed by atoms with E-state index in [2.05, 4.69) is 46.5 Å². The molecule has 3 heteroatoms. The van der Waals surface area contributed by atoms with Crippen molar-refractivity contribution >= 4 is 15.9 Å². The number of nitrogens with one attached hydrogen (secondary N) is 1. The Morgan fingerprint density at radius 2 is 1.85 bits per heavy atom. The zero-order valence-electron chi connectivity index (χ0n) is 12.3. The fourth-order valence-corrected chi connectivity index (χ4v) is 4.09. The summed E-state index contributed by atoms with van der Waals surface area (Å²) in [6, 6.07) is 6.87. The number of rotatable bonds is 1. The molecule has 1 atom stereocenters. The molecular weight excluding hydrogens is 314 g/mol. The molecule has 3 rings (SSSR count). The molecule has 2 nitrogen and oxygen atoms in total. The van der Waals surface area contributed by atoms with Gasteiger partial charge in [0, 0.05) is 22.5 Å². The van der Waals surface area contributed by atoms with Crippen LogP contribution in [0.5, 0.6) is 5.75 Å². The molecule has 1 N–H and O–H groups in total. The van der Waals surface area contributed by atoms with Gasteiger partial charge in [-0.15, -0.1) is 0 Å². The van der Waals surface area contributed by atoms with E-state index in [4.69, 9.17) is 4.74 Å². The molecule has 0 bridgehead atoms. The summed E-state index contributed by atoms with van der Waals surface area (Å²) in [7, 11) is 2.07. The van der Waals surface area contributed by atoms with E-state index in [0.29, 0.717) is 6.04 Å². The molecule has 2 aliphatic rings. The molecule has 1 aliphatic carbocycles. The topological polar surface area (TPSA) is 21.3 Å². The second-order valence-electron chi connectivity index (χ2n) is 6.28. The molecule has 1 fully saturated rings. The lowest BCUT2D eigenvalue weighted by atomic mass is 9.79. The molecule has 0 aromatic heterocycles. The summed E-state index contributed by atoms with van der Waals surface area (Å²) in [6.07, 6.45) is 10.3. The summed E-state index contributed by atoms with van der Waals surface area (Å²) >= 11 is 3.57. The minimum atomic E-state index is 0.0574. The van der Waals surface area contributed by atoms with Crippen molar-refractivity contribution in [3.63, 3.8) is 0 Å². The van der Waals surface area contributed by atoms with Crippen molar-refractivity contribution in [1.82, 2.24) is 5.32 Å². The predicted octanol–water partition coefficient (Wildman–Crippen LogP) is 4.98. The lowest BCUT2D eigenvalue weighted by Crippen LogP contribution is -2.44. The van der Waals surface area contributed by atoms with E-state index in [0.717, 1.165) is 16.6 Å². The fourth-order valence-electron chi connectivity index (χ4n) is 3.75. The molecule has 0 saturated heterocycles. The van der Waals surface area contributed by atoms with Gasteiger partial charge in [0.05, 0.1) is 0 Å². The van der Waals surface area contributed by atoms with Gasteiger partial charge in [-0.1, -0.05) is 41.3 Å². The molecule has 1 spiro atoms. The summed E-state index contributed by atoms with van der Waals surface area (Å²) in [6.45, 7) is 0. The smallest absolute Gasteiger partial charge is 0.126 e. The van der Waals surface area contributed by atoms with Gasteiger partial charge in [0.2, 0.25) is 0 Å². The quantitative estimate of drug-likeness (QED) is 0.780. The largest absolute Gasteiger partial charge is 0.487 e. The van der Waals surface area contributed by atoms with E-state index in [-0.39, 0.29) is 5.60 Å². The third-order valence-corrected chi connectivity index (χ3v) is 5.36. The van der Waals surface area contributed by atoms with Crippen LogP contribution in [-0.4, -0.2) is 12.6 Å². The predicted molar refractivity (Wildman–Crippen MR) is 86.2 cm³/mol. The van der Waals surface area contributed by atoms with E-state index >= 15 is 0 Å². The molecule has 1 unspecified atom stereocenters. The Bertz CT molecular complexity index is 466. The monoisotopic (exact) mass is 337 g/mol. The number of hydrogen-bond acceptors (Lipinski definition) is 2. The first-order chi connectivity index (χ1) is 9.72. The van der Waals surface area contributed by atoms with Gasteiger partial charge in [-0.3, -0.25) is 0 Å². The van der Waals surface area contributed by atoms with Crippen LogP contribution in [0.25, 0.3) is 0 Å². The molecule has 0 radical (unpaired) electrons. The second kappa shape index (κ2) is 6.07. The molecule has 1 aromatic carbocycles. The van der Waals surface area contributed by atoms with Crippen molar-refractivity contribution in [3.05, 3.63) is 28.2 Å². The van der Waals surface area contributed by atoms with Crippen molar-refractivity contribution in [2.45, 2.75) is 63.0 Å². The molecule has 1 heterocycles. The highest BCUT2D eigenvalue weighted by Crippen LogP contribution is 2.45. The van der Waals surface area contributed by atoms with Gasteiger partial charge in [-0.25, -0.2) is 0 Å². The Kier molecular flexibility index (Phi) is 4.37. The second-order valence-corrected chi connectivity index (χ2v) is 7.20. The molecular formula is C17H24BrNO. The molecule has 1 aliphatic heterocycles.